The summed E-state index contributed by atoms with van der Waals surface area (Å²) in [6.45, 7) is 6.37. The molecule has 1 aromatic rings. The average Bonchev–Trinajstić information content (AvgIpc) is 2.49. The molecule has 20 heavy (non-hydrogen) atoms. The molecular formula is C16H25N3O. The molecule has 0 fully saturated rings. The van der Waals surface area contributed by atoms with Gasteiger partial charge in [-0.3, -0.25) is 9.78 Å². The van der Waals surface area contributed by atoms with E-state index >= 15 is 0 Å². The van der Waals surface area contributed by atoms with Gasteiger partial charge in [0.1, 0.15) is 0 Å². The molecule has 1 aliphatic rings. The first kappa shape index (κ1) is 15.0. The van der Waals surface area contributed by atoms with Crippen molar-refractivity contribution in [2.45, 2.75) is 45.6 Å². The molecule has 1 atom stereocenters. The minimum absolute atomic E-state index is 0.236. The Morgan fingerprint density at radius 1 is 1.45 bits per heavy atom. The molecule has 0 radical (unpaired) electrons. The van der Waals surface area contributed by atoms with E-state index in [4.69, 9.17) is 0 Å². The molecule has 4 nitrogen and oxygen atoms in total. The Morgan fingerprint density at radius 2 is 2.25 bits per heavy atom. The maximum Gasteiger partial charge on any atom is 0.223 e. The van der Waals surface area contributed by atoms with Gasteiger partial charge in [0.05, 0.1) is 5.69 Å². The number of aryl methyl sites for hydroxylation is 1. The number of pyridine rings is 1. The molecule has 1 heterocycles. The van der Waals surface area contributed by atoms with Gasteiger partial charge in [0, 0.05) is 38.3 Å². The van der Waals surface area contributed by atoms with E-state index in [1.165, 1.54) is 17.7 Å². The van der Waals surface area contributed by atoms with Crippen LogP contribution >= 0.6 is 0 Å². The van der Waals surface area contributed by atoms with Gasteiger partial charge < -0.3 is 10.2 Å². The molecule has 1 unspecified atom stereocenters. The van der Waals surface area contributed by atoms with E-state index in [1.54, 1.807) is 0 Å². The minimum Gasteiger partial charge on any atom is -0.343 e. The fraction of sp³-hybridized carbons (Fsp3) is 0.625. The van der Waals surface area contributed by atoms with Crippen molar-refractivity contribution in [3.8, 4) is 0 Å². The highest BCUT2D eigenvalue weighted by atomic mass is 16.2. The van der Waals surface area contributed by atoms with Gasteiger partial charge in [-0.25, -0.2) is 0 Å². The number of amides is 1. The second-order valence-electron chi connectivity index (χ2n) is 5.26. The topological polar surface area (TPSA) is 45.2 Å². The Kier molecular flexibility index (Phi) is 5.53. The van der Waals surface area contributed by atoms with Crippen LogP contribution in [0.1, 0.15) is 50.4 Å². The van der Waals surface area contributed by atoms with Gasteiger partial charge in [0.2, 0.25) is 5.91 Å². The normalized spacial score (nSPS) is 17.6. The third-order valence-corrected chi connectivity index (χ3v) is 4.04. The van der Waals surface area contributed by atoms with Crippen LogP contribution in [0.15, 0.2) is 18.3 Å². The van der Waals surface area contributed by atoms with Crippen molar-refractivity contribution in [3.63, 3.8) is 0 Å². The molecule has 0 bridgehead atoms. The van der Waals surface area contributed by atoms with Crippen molar-refractivity contribution in [1.29, 1.82) is 0 Å². The summed E-state index contributed by atoms with van der Waals surface area (Å²) < 4.78 is 0. The van der Waals surface area contributed by atoms with Gasteiger partial charge in [-0.15, -0.1) is 0 Å². The molecule has 0 saturated heterocycles. The maximum absolute atomic E-state index is 12.0. The lowest BCUT2D eigenvalue weighted by molar-refractivity contribution is -0.130. The van der Waals surface area contributed by atoms with Crippen LogP contribution in [0, 0.1) is 0 Å². The summed E-state index contributed by atoms with van der Waals surface area (Å²) >= 11 is 0. The summed E-state index contributed by atoms with van der Waals surface area (Å²) in [4.78, 5) is 18.4. The van der Waals surface area contributed by atoms with Crippen molar-refractivity contribution >= 4 is 5.91 Å². The minimum atomic E-state index is 0.236. The van der Waals surface area contributed by atoms with Crippen LogP contribution < -0.4 is 5.32 Å². The maximum atomic E-state index is 12.0. The predicted molar refractivity (Wildman–Crippen MR) is 80.5 cm³/mol. The van der Waals surface area contributed by atoms with Gasteiger partial charge in [0.25, 0.3) is 0 Å². The number of carbonyl (C=O) groups excluding carboxylic acids is 1. The Labute approximate surface area is 121 Å². The number of carbonyl (C=O) groups is 1. The van der Waals surface area contributed by atoms with Gasteiger partial charge in [0.15, 0.2) is 0 Å². The molecule has 4 heteroatoms. The van der Waals surface area contributed by atoms with E-state index in [0.717, 1.165) is 32.5 Å². The van der Waals surface area contributed by atoms with Crippen molar-refractivity contribution in [1.82, 2.24) is 15.2 Å². The summed E-state index contributed by atoms with van der Waals surface area (Å²) in [5, 5.41) is 3.50. The number of nitrogens with zero attached hydrogens (tertiary/aromatic N) is 2. The van der Waals surface area contributed by atoms with Crippen molar-refractivity contribution in [2.75, 3.05) is 19.6 Å². The van der Waals surface area contributed by atoms with E-state index in [2.05, 4.69) is 16.4 Å². The summed E-state index contributed by atoms with van der Waals surface area (Å²) in [6.07, 6.45) is 5.86. The largest absolute Gasteiger partial charge is 0.343 e. The molecule has 0 aliphatic heterocycles. The smallest absolute Gasteiger partial charge is 0.223 e. The number of nitrogens with one attached hydrogen (secondary N) is 1. The summed E-state index contributed by atoms with van der Waals surface area (Å²) in [6, 6.07) is 4.48. The van der Waals surface area contributed by atoms with Gasteiger partial charge in [-0.1, -0.05) is 6.07 Å². The third kappa shape index (κ3) is 3.57. The van der Waals surface area contributed by atoms with E-state index in [1.807, 2.05) is 31.0 Å². The van der Waals surface area contributed by atoms with Crippen molar-refractivity contribution in [2.24, 2.45) is 0 Å². The Hall–Kier alpha value is -1.42. The first-order chi connectivity index (χ1) is 9.76. The molecule has 0 spiro atoms. The molecule has 1 aliphatic carbocycles. The monoisotopic (exact) mass is 275 g/mol. The molecule has 0 aromatic carbocycles. The first-order valence-corrected chi connectivity index (χ1v) is 7.71. The van der Waals surface area contributed by atoms with Crippen LogP contribution in [0.4, 0.5) is 0 Å². The summed E-state index contributed by atoms with van der Waals surface area (Å²) in [5.41, 5.74) is 2.53. The van der Waals surface area contributed by atoms with E-state index in [9.17, 15) is 4.79 Å². The lowest BCUT2D eigenvalue weighted by Crippen LogP contribution is -2.34. The quantitative estimate of drug-likeness (QED) is 0.866. The van der Waals surface area contributed by atoms with Crippen LogP contribution in [0.25, 0.3) is 0 Å². The Morgan fingerprint density at radius 3 is 3.00 bits per heavy atom. The molecule has 2 rings (SSSR count). The highest BCUT2D eigenvalue weighted by molar-refractivity contribution is 5.76. The van der Waals surface area contributed by atoms with Crippen LogP contribution in [0.5, 0.6) is 0 Å². The molecular weight excluding hydrogens is 250 g/mol. The molecule has 1 aromatic heterocycles. The van der Waals surface area contributed by atoms with Gasteiger partial charge in [-0.2, -0.15) is 0 Å². The van der Waals surface area contributed by atoms with E-state index < -0.39 is 0 Å². The number of fused-ring (bicyclic) bond motifs is 1. The summed E-state index contributed by atoms with van der Waals surface area (Å²) in [5.74, 6) is 0.236. The number of aromatic nitrogens is 1. The second kappa shape index (κ2) is 7.39. The second-order valence-corrected chi connectivity index (χ2v) is 5.26. The average molecular weight is 275 g/mol. The molecule has 1 amide bonds. The van der Waals surface area contributed by atoms with Crippen LogP contribution in [-0.4, -0.2) is 35.4 Å². The molecule has 1 N–H and O–H groups in total. The van der Waals surface area contributed by atoms with Gasteiger partial charge >= 0.3 is 0 Å². The van der Waals surface area contributed by atoms with Crippen molar-refractivity contribution < 1.29 is 4.79 Å². The lowest BCUT2D eigenvalue weighted by atomic mass is 9.92. The summed E-state index contributed by atoms with van der Waals surface area (Å²) in [7, 11) is 0. The number of rotatable bonds is 6. The highest BCUT2D eigenvalue weighted by Gasteiger charge is 2.21. The van der Waals surface area contributed by atoms with E-state index in [0.29, 0.717) is 12.5 Å². The zero-order chi connectivity index (χ0) is 14.4. The zero-order valence-corrected chi connectivity index (χ0v) is 12.6. The third-order valence-electron chi connectivity index (χ3n) is 4.04. The van der Waals surface area contributed by atoms with Crippen LogP contribution in [0.3, 0.4) is 0 Å². The SMILES string of the molecule is CCN(CC)C(=O)CCNC1CCCc2cccnc21. The molecule has 110 valence electrons. The lowest BCUT2D eigenvalue weighted by Gasteiger charge is -2.25. The zero-order valence-electron chi connectivity index (χ0n) is 12.6. The first-order valence-electron chi connectivity index (χ1n) is 7.71. The molecule has 0 saturated carbocycles. The van der Waals surface area contributed by atoms with Crippen LogP contribution in [-0.2, 0) is 11.2 Å². The van der Waals surface area contributed by atoms with E-state index in [-0.39, 0.29) is 5.91 Å². The van der Waals surface area contributed by atoms with Crippen LogP contribution in [0.2, 0.25) is 0 Å². The fourth-order valence-corrected chi connectivity index (χ4v) is 2.90. The Bertz CT molecular complexity index is 443. The highest BCUT2D eigenvalue weighted by Crippen LogP contribution is 2.27. The van der Waals surface area contributed by atoms with Gasteiger partial charge in [-0.05, 0) is 44.7 Å². The predicted octanol–water partition coefficient (Wildman–Crippen LogP) is 2.31. The number of hydrogen-bond acceptors (Lipinski definition) is 3. The standard InChI is InChI=1S/C16H25N3O/c1-3-19(4-2)15(20)10-12-17-14-9-5-7-13-8-6-11-18-16(13)14/h6,8,11,14,17H,3-5,7,9-10,12H2,1-2H3. The fourth-order valence-electron chi connectivity index (χ4n) is 2.90. The van der Waals surface area contributed by atoms with Crippen molar-refractivity contribution in [3.05, 3.63) is 29.6 Å². The Balaban J connectivity index is 1.85. The number of hydrogen-bond donors (Lipinski definition) is 1.